The molecule has 1 saturated carbocycles. The summed E-state index contributed by atoms with van der Waals surface area (Å²) in [6.07, 6.45) is 8.85. The Morgan fingerprint density at radius 1 is 0.973 bits per heavy atom. The molecule has 0 amide bonds. The number of aromatic nitrogens is 4. The number of ether oxygens (including phenoxy) is 1. The zero-order valence-electron chi connectivity index (χ0n) is 21.4. The summed E-state index contributed by atoms with van der Waals surface area (Å²) in [5.74, 6) is 1.22. The maximum atomic E-state index is 6.40. The Morgan fingerprint density at radius 2 is 1.73 bits per heavy atom. The molecule has 2 fully saturated rings. The minimum Gasteiger partial charge on any atom is -0.495 e. The number of hydrogen-bond acceptors (Lipinski definition) is 7. The van der Waals surface area contributed by atoms with Gasteiger partial charge in [0, 0.05) is 18.2 Å². The van der Waals surface area contributed by atoms with Gasteiger partial charge in [0.2, 0.25) is 0 Å². The quantitative estimate of drug-likeness (QED) is 0.359. The Labute approximate surface area is 217 Å². The number of hydrogen-bond donors (Lipinski definition) is 2. The molecule has 3 heterocycles. The lowest BCUT2D eigenvalue weighted by Gasteiger charge is -2.34. The molecular weight excluding hydrogens is 462 g/mol. The monoisotopic (exact) mass is 497 g/mol. The number of nitrogen functional groups attached to an aromatic ring is 1. The van der Waals surface area contributed by atoms with Crippen molar-refractivity contribution in [2.75, 3.05) is 31.2 Å². The van der Waals surface area contributed by atoms with E-state index in [1.54, 1.807) is 13.4 Å². The van der Waals surface area contributed by atoms with Crippen molar-refractivity contribution in [1.82, 2.24) is 24.6 Å². The van der Waals surface area contributed by atoms with Gasteiger partial charge in [0.1, 0.15) is 23.6 Å². The molecule has 0 radical (unpaired) electrons. The second kappa shape index (κ2) is 10.4. The normalized spacial score (nSPS) is 20.4. The van der Waals surface area contributed by atoms with Crippen LogP contribution in [0.15, 0.2) is 54.9 Å². The summed E-state index contributed by atoms with van der Waals surface area (Å²) in [5, 5.41) is 9.41. The van der Waals surface area contributed by atoms with Gasteiger partial charge in [0.05, 0.1) is 24.2 Å². The molecule has 8 nitrogen and oxygen atoms in total. The number of nitrogens with two attached hydrogens (primary N) is 1. The van der Waals surface area contributed by atoms with Crippen LogP contribution in [-0.2, 0) is 6.54 Å². The molecule has 1 aliphatic carbocycles. The minimum absolute atomic E-state index is 0.318. The molecule has 1 aliphatic heterocycles. The Morgan fingerprint density at radius 3 is 2.49 bits per heavy atom. The van der Waals surface area contributed by atoms with Crippen LogP contribution in [0, 0.1) is 0 Å². The number of likely N-dealkylation sites (tertiary alicyclic amines) is 1. The van der Waals surface area contributed by atoms with Crippen molar-refractivity contribution < 1.29 is 4.74 Å². The van der Waals surface area contributed by atoms with E-state index in [9.17, 15) is 0 Å². The van der Waals surface area contributed by atoms with E-state index in [0.29, 0.717) is 17.9 Å². The van der Waals surface area contributed by atoms with Crippen molar-refractivity contribution in [2.24, 2.45) is 0 Å². The summed E-state index contributed by atoms with van der Waals surface area (Å²) < 4.78 is 7.87. The van der Waals surface area contributed by atoms with E-state index in [4.69, 9.17) is 15.6 Å². The molecule has 2 aliphatic rings. The molecule has 8 heteroatoms. The van der Waals surface area contributed by atoms with E-state index in [1.807, 2.05) is 30.3 Å². The van der Waals surface area contributed by atoms with E-state index in [2.05, 4.69) is 43.1 Å². The molecule has 2 aromatic heterocycles. The van der Waals surface area contributed by atoms with Crippen LogP contribution >= 0.6 is 0 Å². The Bertz CT molecular complexity index is 1360. The van der Waals surface area contributed by atoms with E-state index in [0.717, 1.165) is 53.1 Å². The molecule has 0 atom stereocenters. The smallest absolute Gasteiger partial charge is 0.164 e. The van der Waals surface area contributed by atoms with Crippen LogP contribution in [0.1, 0.15) is 50.1 Å². The predicted octanol–water partition coefficient (Wildman–Crippen LogP) is 5.28. The minimum atomic E-state index is 0.318. The predicted molar refractivity (Wildman–Crippen MR) is 148 cm³/mol. The van der Waals surface area contributed by atoms with Crippen molar-refractivity contribution >= 4 is 22.5 Å². The molecule has 6 rings (SSSR count). The standard InChI is InChI=1S/C29H35N7O/c1-37-25-17-21(9-14-24(25)31-18-20-7-3-2-4-8-20)27-26-28(30)32-19-33-29(26)36(34-27)23-12-10-22(11-13-23)35-15-5-6-16-35/h2-4,7-9,14,17,19,22-23,31H,5-6,10-13,15-16,18H2,1H3,(H2,30,32,33). The number of benzene rings is 2. The fraction of sp³-hybridized carbons (Fsp3) is 0.414. The van der Waals surface area contributed by atoms with Crippen LogP contribution in [0.5, 0.6) is 5.75 Å². The van der Waals surface area contributed by atoms with Gasteiger partial charge in [-0.05, 0) is 69.3 Å². The third-order valence-electron chi connectivity index (χ3n) is 7.99. The number of rotatable bonds is 7. The van der Waals surface area contributed by atoms with Gasteiger partial charge < -0.3 is 20.7 Å². The van der Waals surface area contributed by atoms with Gasteiger partial charge in [0.15, 0.2) is 5.65 Å². The molecule has 2 aromatic carbocycles. The molecule has 0 spiro atoms. The highest BCUT2D eigenvalue weighted by Gasteiger charge is 2.30. The molecule has 37 heavy (non-hydrogen) atoms. The summed E-state index contributed by atoms with van der Waals surface area (Å²) >= 11 is 0. The summed E-state index contributed by atoms with van der Waals surface area (Å²) in [5.41, 5.74) is 11.1. The topological polar surface area (TPSA) is 94.1 Å². The van der Waals surface area contributed by atoms with E-state index in [-0.39, 0.29) is 0 Å². The van der Waals surface area contributed by atoms with Crippen LogP contribution in [0.25, 0.3) is 22.3 Å². The summed E-state index contributed by atoms with van der Waals surface area (Å²) in [4.78, 5) is 11.6. The van der Waals surface area contributed by atoms with Crippen molar-refractivity contribution in [1.29, 1.82) is 0 Å². The third-order valence-corrected chi connectivity index (χ3v) is 7.99. The van der Waals surface area contributed by atoms with Gasteiger partial charge in [-0.2, -0.15) is 5.10 Å². The maximum absolute atomic E-state index is 6.40. The molecule has 3 N–H and O–H groups in total. The zero-order chi connectivity index (χ0) is 25.2. The SMILES string of the molecule is COc1cc(-c2nn(C3CCC(N4CCCC4)CC3)c3ncnc(N)c23)ccc1NCc1ccccc1. The second-order valence-electron chi connectivity index (χ2n) is 10.2. The molecule has 0 unspecified atom stereocenters. The third kappa shape index (κ3) is 4.73. The van der Waals surface area contributed by atoms with Gasteiger partial charge in [-0.1, -0.05) is 36.4 Å². The molecule has 192 valence electrons. The van der Waals surface area contributed by atoms with Crippen molar-refractivity contribution in [2.45, 2.75) is 57.2 Å². The summed E-state index contributed by atoms with van der Waals surface area (Å²) in [6.45, 7) is 3.23. The number of nitrogens with zero attached hydrogens (tertiary/aromatic N) is 5. The highest BCUT2D eigenvalue weighted by atomic mass is 16.5. The Hall–Kier alpha value is -3.65. The largest absolute Gasteiger partial charge is 0.495 e. The average molecular weight is 498 g/mol. The van der Waals surface area contributed by atoms with Crippen LogP contribution in [0.2, 0.25) is 0 Å². The van der Waals surface area contributed by atoms with Crippen molar-refractivity contribution in [3.8, 4) is 17.0 Å². The van der Waals surface area contributed by atoms with Crippen LogP contribution in [0.3, 0.4) is 0 Å². The van der Waals surface area contributed by atoms with Crippen LogP contribution < -0.4 is 15.8 Å². The molecular formula is C29H35N7O. The zero-order valence-corrected chi connectivity index (χ0v) is 21.4. The number of methoxy groups -OCH3 is 1. The van der Waals surface area contributed by atoms with Crippen LogP contribution in [0.4, 0.5) is 11.5 Å². The molecule has 1 saturated heterocycles. The lowest BCUT2D eigenvalue weighted by molar-refractivity contribution is 0.163. The first-order valence-corrected chi connectivity index (χ1v) is 13.4. The first kappa shape index (κ1) is 23.7. The lowest BCUT2D eigenvalue weighted by atomic mass is 9.90. The van der Waals surface area contributed by atoms with Gasteiger partial charge in [-0.25, -0.2) is 14.6 Å². The summed E-state index contributed by atoms with van der Waals surface area (Å²) in [7, 11) is 1.69. The number of nitrogens with one attached hydrogen (secondary N) is 1. The fourth-order valence-corrected chi connectivity index (χ4v) is 6.00. The van der Waals surface area contributed by atoms with E-state index >= 15 is 0 Å². The van der Waals surface area contributed by atoms with Crippen LogP contribution in [-0.4, -0.2) is 50.9 Å². The first-order valence-electron chi connectivity index (χ1n) is 13.4. The van der Waals surface area contributed by atoms with Gasteiger partial charge in [-0.15, -0.1) is 0 Å². The first-order chi connectivity index (χ1) is 18.2. The lowest BCUT2D eigenvalue weighted by Crippen LogP contribution is -2.36. The molecule has 0 bridgehead atoms. The maximum Gasteiger partial charge on any atom is 0.164 e. The van der Waals surface area contributed by atoms with Gasteiger partial charge in [0.25, 0.3) is 0 Å². The van der Waals surface area contributed by atoms with Crippen molar-refractivity contribution in [3.63, 3.8) is 0 Å². The summed E-state index contributed by atoms with van der Waals surface area (Å²) in [6, 6.07) is 17.5. The second-order valence-corrected chi connectivity index (χ2v) is 10.2. The Kier molecular flexibility index (Phi) is 6.66. The number of fused-ring (bicyclic) bond motifs is 1. The highest BCUT2D eigenvalue weighted by molar-refractivity contribution is 5.98. The Balaban J connectivity index is 1.29. The average Bonchev–Trinajstić information content (AvgIpc) is 3.62. The molecule has 4 aromatic rings. The van der Waals surface area contributed by atoms with Gasteiger partial charge >= 0.3 is 0 Å². The number of anilines is 2. The van der Waals surface area contributed by atoms with E-state index in [1.165, 1.54) is 44.3 Å². The van der Waals surface area contributed by atoms with Gasteiger partial charge in [-0.3, -0.25) is 0 Å². The fourth-order valence-electron chi connectivity index (χ4n) is 6.00. The van der Waals surface area contributed by atoms with Crippen molar-refractivity contribution in [3.05, 3.63) is 60.4 Å². The van der Waals surface area contributed by atoms with E-state index < -0.39 is 0 Å². The highest BCUT2D eigenvalue weighted by Crippen LogP contribution is 2.39.